The number of imidazole rings is 1. The molecule has 0 aliphatic rings. The smallest absolute Gasteiger partial charge is 0.307 e. The number of para-hydroxylation sites is 2. The van der Waals surface area contributed by atoms with E-state index in [9.17, 15) is 2.74 Å². The highest BCUT2D eigenvalue weighted by Gasteiger charge is 2.30. The van der Waals surface area contributed by atoms with Crippen molar-refractivity contribution in [3.63, 3.8) is 0 Å². The third-order valence-corrected chi connectivity index (χ3v) is 11.8. The molecule has 0 saturated heterocycles. The van der Waals surface area contributed by atoms with Crippen LogP contribution in [-0.4, -0.2) is 9.38 Å². The van der Waals surface area contributed by atoms with Gasteiger partial charge in [0.15, 0.2) is 5.58 Å². The molecule has 0 bridgehead atoms. The molecule has 0 unspecified atom stereocenters. The molecule has 0 aliphatic heterocycles. The minimum atomic E-state index is -2.58. The lowest BCUT2D eigenvalue weighted by molar-refractivity contribution is 0.643. The second-order valence-electron chi connectivity index (χ2n) is 15.2. The molecule has 0 atom stereocenters. The van der Waals surface area contributed by atoms with Gasteiger partial charge < -0.3 is 4.42 Å². The molecule has 0 aliphatic carbocycles. The molecule has 11 aromatic rings. The van der Waals surface area contributed by atoms with E-state index in [-0.39, 0.29) is 5.56 Å². The van der Waals surface area contributed by atoms with Crippen LogP contribution in [0.25, 0.3) is 106 Å². The van der Waals surface area contributed by atoms with Crippen LogP contribution in [0.5, 0.6) is 0 Å². The maximum absolute atomic E-state index is 9.22. The van der Waals surface area contributed by atoms with Crippen molar-refractivity contribution >= 4 is 28.0 Å². The van der Waals surface area contributed by atoms with E-state index in [0.29, 0.717) is 39.2 Å². The Hall–Kier alpha value is -7.75. The molecular weight excluding hydrogens is 741 g/mol. The van der Waals surface area contributed by atoms with Gasteiger partial charge in [-0.1, -0.05) is 189 Å². The van der Waals surface area contributed by atoms with Crippen LogP contribution in [0.2, 0.25) is 0 Å². The van der Waals surface area contributed by atoms with Crippen LogP contribution in [0, 0.1) is 6.85 Å². The van der Waals surface area contributed by atoms with Gasteiger partial charge in [-0.05, 0) is 121 Å². The Morgan fingerprint density at radius 2 is 0.902 bits per heavy atom. The van der Waals surface area contributed by atoms with Crippen LogP contribution in [0.4, 0.5) is 0 Å². The van der Waals surface area contributed by atoms with Crippen LogP contribution in [-0.2, 0) is 6.37 Å². The first-order valence-electron chi connectivity index (χ1n) is 23.1. The fraction of sp³-hybridized carbons (Fsp3) is 0.0517. The molecule has 9 aromatic carbocycles. The standard InChI is InChI=1S/C58H42N2O/c1-3-39-35-36-48-57(59-58-60(48)47-31-19-20-32-49(47)61-58)50(39)46-37-45(34-33-38(46)2)56-54(43-27-15-7-16-28-43)52(41-23-11-5-12-24-41)51(40-21-9-4-10-22-40)53(42-25-13-6-14-26-42)55(56)44-29-17-8-18-30-44/h4-37H,3H2,1-2H3/i2D3,3D2. The molecule has 0 N–H and O–H groups in total. The molecule has 0 amide bonds. The molecular formula is C58H42N2O. The lowest BCUT2D eigenvalue weighted by Crippen LogP contribution is -2.02. The van der Waals surface area contributed by atoms with Gasteiger partial charge in [0.25, 0.3) is 0 Å². The molecule has 3 heteroatoms. The number of hydrogen-bond donors (Lipinski definition) is 0. The quantitative estimate of drug-likeness (QED) is 0.154. The summed E-state index contributed by atoms with van der Waals surface area (Å²) in [5, 5.41) is 0. The Labute approximate surface area is 362 Å². The maximum Gasteiger partial charge on any atom is 0.307 e. The molecule has 0 radical (unpaired) electrons. The van der Waals surface area contributed by atoms with Gasteiger partial charge in [0, 0.05) is 12.4 Å². The zero-order chi connectivity index (χ0) is 45.2. The van der Waals surface area contributed by atoms with Gasteiger partial charge in [0.05, 0.1) is 11.0 Å². The number of rotatable bonds is 8. The minimum Gasteiger partial charge on any atom is -0.423 e. The van der Waals surface area contributed by atoms with E-state index in [0.717, 1.165) is 72.3 Å². The maximum atomic E-state index is 9.22. The van der Waals surface area contributed by atoms with E-state index in [1.807, 2.05) is 77.2 Å². The normalized spacial score (nSPS) is 13.2. The number of benzene rings is 9. The van der Waals surface area contributed by atoms with Crippen molar-refractivity contribution in [2.24, 2.45) is 0 Å². The van der Waals surface area contributed by atoms with Gasteiger partial charge >= 0.3 is 5.84 Å². The van der Waals surface area contributed by atoms with Crippen molar-refractivity contribution in [2.75, 3.05) is 0 Å². The minimum absolute atomic E-state index is 0.0914. The SMILES string of the molecule is [2H]C([2H])([2H])c1ccc(-c2c(-c3ccccc3)c(-c3ccccc3)c(-c3ccccc3)c(-c3ccccc3)c2-c2ccccc2)cc1-c1c(C([2H])([2H])C)ccc2c1nc1oc3ccccc3n12. The lowest BCUT2D eigenvalue weighted by atomic mass is 9.74. The van der Waals surface area contributed by atoms with E-state index in [4.69, 9.17) is 13.5 Å². The average molecular weight is 788 g/mol. The summed E-state index contributed by atoms with van der Waals surface area (Å²) in [6, 6.07) is 69.3. The molecule has 2 heterocycles. The number of aryl methyl sites for hydroxylation is 2. The summed E-state index contributed by atoms with van der Waals surface area (Å²) in [4.78, 5) is 5.06. The van der Waals surface area contributed by atoms with E-state index >= 15 is 0 Å². The molecule has 0 saturated carbocycles. The molecule has 61 heavy (non-hydrogen) atoms. The van der Waals surface area contributed by atoms with Gasteiger partial charge in [0.2, 0.25) is 0 Å². The van der Waals surface area contributed by atoms with E-state index in [1.54, 1.807) is 12.1 Å². The lowest BCUT2D eigenvalue weighted by Gasteiger charge is -2.29. The summed E-state index contributed by atoms with van der Waals surface area (Å²) in [5.41, 5.74) is 15.6. The molecule has 0 fully saturated rings. The topological polar surface area (TPSA) is 30.4 Å². The van der Waals surface area contributed by atoms with Gasteiger partial charge in [-0.25, -0.2) is 0 Å². The second-order valence-corrected chi connectivity index (χ2v) is 15.2. The summed E-state index contributed by atoms with van der Waals surface area (Å²) in [5.74, 6) is 0.335. The number of aromatic nitrogens is 2. The summed E-state index contributed by atoms with van der Waals surface area (Å²) >= 11 is 0. The third-order valence-electron chi connectivity index (χ3n) is 11.8. The van der Waals surface area contributed by atoms with Gasteiger partial charge in [0.1, 0.15) is 5.52 Å². The highest BCUT2D eigenvalue weighted by Crippen LogP contribution is 2.56. The number of fused-ring (bicyclic) bond motifs is 5. The Morgan fingerprint density at radius 1 is 0.459 bits per heavy atom. The Bertz CT molecular complexity index is 3470. The fourth-order valence-corrected chi connectivity index (χ4v) is 9.14. The van der Waals surface area contributed by atoms with Crippen molar-refractivity contribution in [2.45, 2.75) is 20.1 Å². The molecule has 0 spiro atoms. The molecule has 290 valence electrons. The molecule has 3 nitrogen and oxygen atoms in total. The first kappa shape index (κ1) is 31.2. The van der Waals surface area contributed by atoms with Gasteiger partial charge in [-0.15, -0.1) is 0 Å². The van der Waals surface area contributed by atoms with E-state index in [1.165, 1.54) is 6.92 Å². The van der Waals surface area contributed by atoms with Crippen LogP contribution in [0.15, 0.2) is 211 Å². The summed E-state index contributed by atoms with van der Waals surface area (Å²) in [6.07, 6.45) is -1.89. The fourth-order valence-electron chi connectivity index (χ4n) is 9.14. The zero-order valence-corrected chi connectivity index (χ0v) is 33.4. The highest BCUT2D eigenvalue weighted by molar-refractivity contribution is 6.15. The Balaban J connectivity index is 1.37. The number of oxazole rings is 1. The van der Waals surface area contributed by atoms with Gasteiger partial charge in [-0.2, -0.15) is 4.98 Å². The predicted octanol–water partition coefficient (Wildman–Crippen LogP) is 15.8. The predicted molar refractivity (Wildman–Crippen MR) is 255 cm³/mol. The largest absolute Gasteiger partial charge is 0.423 e. The summed E-state index contributed by atoms with van der Waals surface area (Å²) in [6.45, 7) is -1.07. The zero-order valence-electron chi connectivity index (χ0n) is 38.4. The monoisotopic (exact) mass is 787 g/mol. The first-order chi connectivity index (χ1) is 32.1. The summed E-state index contributed by atoms with van der Waals surface area (Å²) in [7, 11) is 0. The van der Waals surface area contributed by atoms with E-state index < -0.39 is 13.2 Å². The number of hydrogen-bond acceptors (Lipinski definition) is 2. The van der Waals surface area contributed by atoms with Crippen molar-refractivity contribution in [1.82, 2.24) is 9.38 Å². The van der Waals surface area contributed by atoms with Crippen LogP contribution in [0.1, 0.15) is 24.9 Å². The van der Waals surface area contributed by atoms with Crippen LogP contribution in [0.3, 0.4) is 0 Å². The molecule has 2 aromatic heterocycles. The second kappa shape index (κ2) is 15.1. The molecule has 11 rings (SSSR count). The number of nitrogens with zero attached hydrogens (tertiary/aromatic N) is 2. The average Bonchev–Trinajstić information content (AvgIpc) is 3.90. The first-order valence-corrected chi connectivity index (χ1v) is 20.6. The van der Waals surface area contributed by atoms with Gasteiger partial charge in [-0.3, -0.25) is 4.40 Å². The van der Waals surface area contributed by atoms with Crippen molar-refractivity contribution in [3.05, 3.63) is 217 Å². The van der Waals surface area contributed by atoms with Crippen LogP contribution < -0.4 is 0 Å². The summed E-state index contributed by atoms with van der Waals surface area (Å²) < 4.78 is 53.7. The van der Waals surface area contributed by atoms with E-state index in [2.05, 4.69) is 121 Å². The third kappa shape index (κ3) is 6.08. The Kier molecular flexibility index (Phi) is 7.74. The van der Waals surface area contributed by atoms with Crippen molar-refractivity contribution in [3.8, 4) is 77.9 Å². The van der Waals surface area contributed by atoms with Crippen LogP contribution >= 0.6 is 0 Å². The van der Waals surface area contributed by atoms with Crippen molar-refractivity contribution in [1.29, 1.82) is 0 Å². The highest BCUT2D eigenvalue weighted by atomic mass is 16.4. The Morgan fingerprint density at radius 3 is 1.36 bits per heavy atom. The van der Waals surface area contributed by atoms with Crippen molar-refractivity contribution < 1.29 is 11.3 Å².